The van der Waals surface area contributed by atoms with Crippen LogP contribution in [0, 0.1) is 63.6 Å². The molecule has 7 heteroatoms. The smallest absolute Gasteiger partial charge is 0.0998 e. The normalized spacial score (nSPS) is 10.5. The van der Waals surface area contributed by atoms with Crippen LogP contribution in [0.3, 0.4) is 0 Å². The van der Waals surface area contributed by atoms with E-state index in [4.69, 9.17) is 0 Å². The highest BCUT2D eigenvalue weighted by molar-refractivity contribution is 6.17. The molecule has 2 aromatic heterocycles. The van der Waals surface area contributed by atoms with Gasteiger partial charge in [-0.25, -0.2) is 0 Å². The lowest BCUT2D eigenvalue weighted by Crippen LogP contribution is -2.02. The van der Waals surface area contributed by atoms with Crippen LogP contribution in [-0.4, -0.2) is 9.55 Å². The molecule has 0 N–H and O–H groups in total. The lowest BCUT2D eigenvalue weighted by Gasteiger charge is -2.18. The Bertz CT molecular complexity index is 2550. The van der Waals surface area contributed by atoms with E-state index in [1.54, 1.807) is 48.8 Å². The van der Waals surface area contributed by atoms with Crippen LogP contribution in [0.5, 0.6) is 0 Å². The van der Waals surface area contributed by atoms with Crippen molar-refractivity contribution in [3.8, 4) is 69.4 Å². The van der Waals surface area contributed by atoms with Gasteiger partial charge in [-0.05, 0) is 66.6 Å². The lowest BCUT2D eigenvalue weighted by molar-refractivity contribution is 1.15. The predicted octanol–water partition coefficient (Wildman–Crippen LogP) is 8.85. The summed E-state index contributed by atoms with van der Waals surface area (Å²) in [7, 11) is 0. The van der Waals surface area contributed by atoms with Gasteiger partial charge in [0.1, 0.15) is 0 Å². The molecule has 5 aromatic carbocycles. The SMILES string of the molecule is Cc1cc(C#N)c(-c2ccncc2)cc1-n1c2c(-c3ccc(C#N)cc3C#N)cccc2c2cccc(-c3ccc(C#N)cc3C#N)c21. The summed E-state index contributed by atoms with van der Waals surface area (Å²) in [5.74, 6) is 0. The van der Waals surface area contributed by atoms with E-state index in [-0.39, 0.29) is 0 Å². The molecule has 0 spiro atoms. The minimum absolute atomic E-state index is 0.367. The van der Waals surface area contributed by atoms with Crippen molar-refractivity contribution in [3.63, 3.8) is 0 Å². The number of nitriles is 5. The molecule has 0 amide bonds. The second kappa shape index (κ2) is 11.8. The Balaban J connectivity index is 1.70. The van der Waals surface area contributed by atoms with E-state index in [0.29, 0.717) is 38.9 Å². The van der Waals surface area contributed by atoms with Crippen molar-refractivity contribution in [2.45, 2.75) is 6.92 Å². The van der Waals surface area contributed by atoms with Crippen molar-refractivity contribution in [1.29, 1.82) is 26.3 Å². The standard InChI is InChI=1S/C41H21N7/c1-25-16-29(22-44)38(28-12-14-47-15-13-28)19-39(25)48-40-34(32-10-8-26(20-42)17-30(32)23-45)4-2-6-36(40)37-7-3-5-35(41(37)48)33-11-9-27(21-43)18-31(33)24-46/h2-19H,1H3. The maximum absolute atomic E-state index is 10.2. The first-order valence-corrected chi connectivity index (χ1v) is 14.9. The molecular weight excluding hydrogens is 591 g/mol. The Morgan fingerprint density at radius 3 is 1.48 bits per heavy atom. The fourth-order valence-corrected chi connectivity index (χ4v) is 6.47. The summed E-state index contributed by atoms with van der Waals surface area (Å²) < 4.78 is 2.15. The van der Waals surface area contributed by atoms with Crippen LogP contribution >= 0.6 is 0 Å². The molecule has 48 heavy (non-hydrogen) atoms. The summed E-state index contributed by atoms with van der Waals surface area (Å²) in [6, 6.07) is 40.9. The highest BCUT2D eigenvalue weighted by Gasteiger charge is 2.23. The summed E-state index contributed by atoms with van der Waals surface area (Å²) in [6.45, 7) is 1.96. The summed E-state index contributed by atoms with van der Waals surface area (Å²) in [5.41, 5.74) is 9.79. The topological polar surface area (TPSA) is 137 Å². The maximum Gasteiger partial charge on any atom is 0.0998 e. The lowest BCUT2D eigenvalue weighted by atomic mass is 9.95. The Hall–Kier alpha value is -7.50. The Labute approximate surface area is 276 Å². The van der Waals surface area contributed by atoms with Gasteiger partial charge in [0.25, 0.3) is 0 Å². The number of aryl methyl sites for hydroxylation is 1. The molecule has 0 fully saturated rings. The minimum atomic E-state index is 0.367. The first kappa shape index (κ1) is 29.2. The van der Waals surface area contributed by atoms with Gasteiger partial charge in [0.2, 0.25) is 0 Å². The van der Waals surface area contributed by atoms with Gasteiger partial charge in [0.15, 0.2) is 0 Å². The van der Waals surface area contributed by atoms with Gasteiger partial charge < -0.3 is 4.57 Å². The highest BCUT2D eigenvalue weighted by Crippen LogP contribution is 2.44. The van der Waals surface area contributed by atoms with Crippen LogP contribution in [0.15, 0.2) is 109 Å². The van der Waals surface area contributed by atoms with E-state index in [1.165, 1.54) is 0 Å². The molecule has 7 nitrogen and oxygen atoms in total. The number of benzene rings is 5. The van der Waals surface area contributed by atoms with Gasteiger partial charge in [0, 0.05) is 56.7 Å². The Morgan fingerprint density at radius 1 is 0.500 bits per heavy atom. The number of fused-ring (bicyclic) bond motifs is 3. The van der Waals surface area contributed by atoms with Crippen molar-refractivity contribution in [2.75, 3.05) is 0 Å². The zero-order valence-corrected chi connectivity index (χ0v) is 25.5. The number of pyridine rings is 1. The van der Waals surface area contributed by atoms with E-state index in [2.05, 4.69) is 39.9 Å². The van der Waals surface area contributed by atoms with Gasteiger partial charge >= 0.3 is 0 Å². The van der Waals surface area contributed by atoms with E-state index in [1.807, 2.05) is 67.6 Å². The van der Waals surface area contributed by atoms with Gasteiger partial charge in [-0.2, -0.15) is 26.3 Å². The van der Waals surface area contributed by atoms with Crippen molar-refractivity contribution in [1.82, 2.24) is 9.55 Å². The molecule has 0 aliphatic carbocycles. The zero-order chi connectivity index (χ0) is 33.4. The number of aromatic nitrogens is 2. The molecule has 2 heterocycles. The molecule has 220 valence electrons. The van der Waals surface area contributed by atoms with Crippen molar-refractivity contribution < 1.29 is 0 Å². The Kier molecular flexibility index (Phi) is 7.17. The largest absolute Gasteiger partial charge is 0.308 e. The van der Waals surface area contributed by atoms with Crippen molar-refractivity contribution in [3.05, 3.63) is 143 Å². The highest BCUT2D eigenvalue weighted by atomic mass is 15.0. The second-order valence-corrected chi connectivity index (χ2v) is 11.2. The fraction of sp³-hybridized carbons (Fsp3) is 0.0244. The number of hydrogen-bond donors (Lipinski definition) is 0. The fourth-order valence-electron chi connectivity index (χ4n) is 6.47. The minimum Gasteiger partial charge on any atom is -0.308 e. The maximum atomic E-state index is 10.2. The average molecular weight is 612 g/mol. The zero-order valence-electron chi connectivity index (χ0n) is 25.5. The number of para-hydroxylation sites is 2. The summed E-state index contributed by atoms with van der Waals surface area (Å²) in [4.78, 5) is 4.16. The van der Waals surface area contributed by atoms with Crippen LogP contribution in [0.1, 0.15) is 33.4 Å². The summed E-state index contributed by atoms with van der Waals surface area (Å²) in [5, 5.41) is 51.5. The first-order valence-electron chi connectivity index (χ1n) is 14.9. The molecule has 0 radical (unpaired) electrons. The Morgan fingerprint density at radius 2 is 1.00 bits per heavy atom. The number of nitrogens with zero attached hydrogens (tertiary/aromatic N) is 7. The van der Waals surface area contributed by atoms with Crippen LogP contribution in [-0.2, 0) is 0 Å². The van der Waals surface area contributed by atoms with E-state index in [0.717, 1.165) is 55.3 Å². The third-order valence-corrected chi connectivity index (χ3v) is 8.62. The molecule has 0 unspecified atom stereocenters. The van der Waals surface area contributed by atoms with Crippen molar-refractivity contribution >= 4 is 21.8 Å². The summed E-state index contributed by atoms with van der Waals surface area (Å²) in [6.07, 6.45) is 3.38. The van der Waals surface area contributed by atoms with E-state index < -0.39 is 0 Å². The molecule has 0 atom stereocenters. The van der Waals surface area contributed by atoms with Crippen LogP contribution in [0.4, 0.5) is 0 Å². The summed E-state index contributed by atoms with van der Waals surface area (Å²) >= 11 is 0. The number of hydrogen-bond acceptors (Lipinski definition) is 6. The third kappa shape index (κ3) is 4.60. The van der Waals surface area contributed by atoms with Gasteiger partial charge in [-0.1, -0.05) is 48.5 Å². The van der Waals surface area contributed by atoms with E-state index in [9.17, 15) is 26.3 Å². The molecule has 0 saturated heterocycles. The average Bonchev–Trinajstić information content (AvgIpc) is 3.49. The molecule has 7 aromatic rings. The van der Waals surface area contributed by atoms with Gasteiger partial charge in [-0.3, -0.25) is 4.98 Å². The molecule has 7 rings (SSSR count). The second-order valence-electron chi connectivity index (χ2n) is 11.2. The first-order chi connectivity index (χ1) is 23.5. The number of rotatable bonds is 4. The molecule has 0 bridgehead atoms. The van der Waals surface area contributed by atoms with Crippen molar-refractivity contribution in [2.24, 2.45) is 0 Å². The molecule has 0 saturated carbocycles. The van der Waals surface area contributed by atoms with Crippen LogP contribution < -0.4 is 0 Å². The van der Waals surface area contributed by atoms with Gasteiger partial charge in [0.05, 0.1) is 69.2 Å². The third-order valence-electron chi connectivity index (χ3n) is 8.62. The van der Waals surface area contributed by atoms with Gasteiger partial charge in [-0.15, -0.1) is 0 Å². The predicted molar refractivity (Wildman–Crippen MR) is 183 cm³/mol. The molecular formula is C41H21N7. The monoisotopic (exact) mass is 611 g/mol. The van der Waals surface area contributed by atoms with E-state index >= 15 is 0 Å². The molecule has 0 aliphatic rings. The molecule has 0 aliphatic heterocycles. The quantitative estimate of drug-likeness (QED) is 0.195. The van der Waals surface area contributed by atoms with Crippen LogP contribution in [0.2, 0.25) is 0 Å². The van der Waals surface area contributed by atoms with Crippen LogP contribution in [0.25, 0.3) is 60.9 Å².